The number of fused-ring (bicyclic) bond motifs is 1. The van der Waals surface area contributed by atoms with Crippen LogP contribution in [0.4, 0.5) is 0 Å². The average molecular weight is 350 g/mol. The molecule has 0 atom stereocenters. The van der Waals surface area contributed by atoms with Gasteiger partial charge < -0.3 is 5.32 Å². The molecule has 0 bridgehead atoms. The van der Waals surface area contributed by atoms with Gasteiger partial charge in [-0.1, -0.05) is 59.6 Å². The van der Waals surface area contributed by atoms with Crippen molar-refractivity contribution in [2.75, 3.05) is 6.54 Å². The fourth-order valence-electron chi connectivity index (χ4n) is 2.53. The van der Waals surface area contributed by atoms with Crippen LogP contribution in [0.1, 0.15) is 16.9 Å². The van der Waals surface area contributed by atoms with E-state index >= 15 is 0 Å². The van der Waals surface area contributed by atoms with Gasteiger partial charge in [0.05, 0.1) is 9.36 Å². The minimum atomic E-state index is 0.847. The van der Waals surface area contributed by atoms with Crippen LogP contribution in [-0.4, -0.2) is 6.54 Å². The summed E-state index contributed by atoms with van der Waals surface area (Å²) in [5, 5.41) is 6.68. The van der Waals surface area contributed by atoms with E-state index in [1.807, 2.05) is 18.2 Å². The lowest BCUT2D eigenvalue weighted by Gasteiger charge is -2.08. The Kier molecular flexibility index (Phi) is 5.37. The lowest BCUT2D eigenvalue weighted by Crippen LogP contribution is -2.14. The SMILES string of the molecule is Clc1ccc(CNCCCc2ccc3ccccc3c2Cl)s1. The minimum Gasteiger partial charge on any atom is -0.312 e. The van der Waals surface area contributed by atoms with Crippen LogP contribution in [0.15, 0.2) is 48.5 Å². The van der Waals surface area contributed by atoms with E-state index in [0.717, 1.165) is 40.7 Å². The van der Waals surface area contributed by atoms with E-state index in [1.165, 1.54) is 15.8 Å². The molecule has 2 aromatic carbocycles. The van der Waals surface area contributed by atoms with Gasteiger partial charge in [-0.05, 0) is 42.5 Å². The molecule has 0 aliphatic heterocycles. The normalized spacial score (nSPS) is 11.2. The molecule has 4 heteroatoms. The number of benzene rings is 2. The van der Waals surface area contributed by atoms with E-state index in [0.29, 0.717) is 0 Å². The van der Waals surface area contributed by atoms with E-state index in [-0.39, 0.29) is 0 Å². The van der Waals surface area contributed by atoms with Gasteiger partial charge in [-0.15, -0.1) is 11.3 Å². The van der Waals surface area contributed by atoms with Crippen LogP contribution < -0.4 is 5.32 Å². The van der Waals surface area contributed by atoms with Crippen LogP contribution in [0.2, 0.25) is 9.36 Å². The summed E-state index contributed by atoms with van der Waals surface area (Å²) in [6.07, 6.45) is 2.05. The Balaban J connectivity index is 1.52. The molecule has 0 unspecified atom stereocenters. The summed E-state index contributed by atoms with van der Waals surface area (Å²) >= 11 is 14.1. The number of hydrogen-bond acceptors (Lipinski definition) is 2. The zero-order valence-electron chi connectivity index (χ0n) is 12.1. The number of nitrogens with one attached hydrogen (secondary N) is 1. The summed E-state index contributed by atoms with van der Waals surface area (Å²) in [6.45, 7) is 1.85. The Morgan fingerprint density at radius 3 is 2.64 bits per heavy atom. The molecule has 0 fully saturated rings. The maximum Gasteiger partial charge on any atom is 0.0931 e. The van der Waals surface area contributed by atoms with Crippen molar-refractivity contribution in [3.63, 3.8) is 0 Å². The van der Waals surface area contributed by atoms with Gasteiger partial charge in [0, 0.05) is 16.8 Å². The van der Waals surface area contributed by atoms with Crippen molar-refractivity contribution in [2.24, 2.45) is 0 Å². The van der Waals surface area contributed by atoms with Crippen molar-refractivity contribution in [1.82, 2.24) is 5.32 Å². The maximum atomic E-state index is 6.52. The second-order valence-corrected chi connectivity index (χ2v) is 7.42. The molecule has 1 nitrogen and oxygen atoms in total. The first-order chi connectivity index (χ1) is 10.7. The molecule has 0 amide bonds. The predicted octanol–water partition coefficient (Wildman–Crippen LogP) is 5.93. The molecule has 1 heterocycles. The summed E-state index contributed by atoms with van der Waals surface area (Å²) in [5.74, 6) is 0. The number of hydrogen-bond donors (Lipinski definition) is 1. The van der Waals surface area contributed by atoms with Crippen molar-refractivity contribution in [2.45, 2.75) is 19.4 Å². The van der Waals surface area contributed by atoms with Crippen molar-refractivity contribution < 1.29 is 0 Å². The Morgan fingerprint density at radius 2 is 1.82 bits per heavy atom. The smallest absolute Gasteiger partial charge is 0.0931 e. The second-order valence-electron chi connectivity index (χ2n) is 5.25. The van der Waals surface area contributed by atoms with E-state index in [9.17, 15) is 0 Å². The average Bonchev–Trinajstić information content (AvgIpc) is 2.95. The molecule has 0 saturated carbocycles. The third-order valence-corrected chi connectivity index (χ3v) is 5.35. The first-order valence-corrected chi connectivity index (χ1v) is 8.92. The van der Waals surface area contributed by atoms with Crippen LogP contribution in [-0.2, 0) is 13.0 Å². The Hall–Kier alpha value is -1.06. The highest BCUT2D eigenvalue weighted by Crippen LogP contribution is 2.28. The summed E-state index contributed by atoms with van der Waals surface area (Å²) in [6, 6.07) is 16.6. The maximum absolute atomic E-state index is 6.52. The first kappa shape index (κ1) is 15.8. The van der Waals surface area contributed by atoms with E-state index < -0.39 is 0 Å². The van der Waals surface area contributed by atoms with Crippen LogP contribution >= 0.6 is 34.5 Å². The fraction of sp³-hybridized carbons (Fsp3) is 0.222. The summed E-state index contributed by atoms with van der Waals surface area (Å²) in [5.41, 5.74) is 1.22. The zero-order chi connectivity index (χ0) is 15.4. The topological polar surface area (TPSA) is 12.0 Å². The van der Waals surface area contributed by atoms with Gasteiger partial charge >= 0.3 is 0 Å². The largest absolute Gasteiger partial charge is 0.312 e. The van der Waals surface area contributed by atoms with Crippen molar-refractivity contribution in [3.05, 3.63) is 68.3 Å². The molecule has 0 spiro atoms. The summed E-state index contributed by atoms with van der Waals surface area (Å²) < 4.78 is 0.847. The number of thiophene rings is 1. The molecule has 0 saturated heterocycles. The molecule has 3 aromatic rings. The molecular weight excluding hydrogens is 333 g/mol. The molecule has 22 heavy (non-hydrogen) atoms. The monoisotopic (exact) mass is 349 g/mol. The second kappa shape index (κ2) is 7.47. The number of rotatable bonds is 6. The van der Waals surface area contributed by atoms with Gasteiger partial charge in [0.1, 0.15) is 0 Å². The Bertz CT molecular complexity index is 767. The third-order valence-electron chi connectivity index (χ3n) is 3.67. The summed E-state index contributed by atoms with van der Waals surface area (Å²) in [4.78, 5) is 1.27. The van der Waals surface area contributed by atoms with Gasteiger partial charge in [-0.2, -0.15) is 0 Å². The standard InChI is InChI=1S/C18H17Cl2NS/c19-17-10-9-15(22-17)12-21-11-3-5-14-8-7-13-4-1-2-6-16(13)18(14)20/h1-2,4,6-10,21H,3,5,11-12H2. The van der Waals surface area contributed by atoms with Gasteiger partial charge in [0.2, 0.25) is 0 Å². The molecule has 0 radical (unpaired) electrons. The summed E-state index contributed by atoms with van der Waals surface area (Å²) in [7, 11) is 0. The first-order valence-electron chi connectivity index (χ1n) is 7.35. The van der Waals surface area contributed by atoms with Crippen molar-refractivity contribution in [1.29, 1.82) is 0 Å². The van der Waals surface area contributed by atoms with Gasteiger partial charge in [-0.25, -0.2) is 0 Å². The highest BCUT2D eigenvalue weighted by molar-refractivity contribution is 7.16. The molecule has 0 aliphatic carbocycles. The number of aryl methyl sites for hydroxylation is 1. The quantitative estimate of drug-likeness (QED) is 0.543. The van der Waals surface area contributed by atoms with Crippen molar-refractivity contribution >= 4 is 45.3 Å². The lowest BCUT2D eigenvalue weighted by atomic mass is 10.0. The highest BCUT2D eigenvalue weighted by atomic mass is 35.5. The van der Waals surface area contributed by atoms with Crippen LogP contribution in [0.5, 0.6) is 0 Å². The highest BCUT2D eigenvalue weighted by Gasteiger charge is 2.05. The zero-order valence-corrected chi connectivity index (χ0v) is 14.4. The van der Waals surface area contributed by atoms with Gasteiger partial charge in [0.25, 0.3) is 0 Å². The van der Waals surface area contributed by atoms with Crippen LogP contribution in [0, 0.1) is 0 Å². The fourth-order valence-corrected chi connectivity index (χ4v) is 3.92. The molecule has 1 N–H and O–H groups in total. The molecule has 3 rings (SSSR count). The Morgan fingerprint density at radius 1 is 0.955 bits per heavy atom. The van der Waals surface area contributed by atoms with E-state index in [1.54, 1.807) is 11.3 Å². The lowest BCUT2D eigenvalue weighted by molar-refractivity contribution is 0.654. The minimum absolute atomic E-state index is 0.847. The third kappa shape index (κ3) is 3.82. The van der Waals surface area contributed by atoms with Crippen LogP contribution in [0.3, 0.4) is 0 Å². The molecule has 0 aliphatic rings. The Labute approximate surface area is 144 Å². The molecular formula is C18H17Cl2NS. The van der Waals surface area contributed by atoms with Crippen molar-refractivity contribution in [3.8, 4) is 0 Å². The van der Waals surface area contributed by atoms with E-state index in [2.05, 4.69) is 35.6 Å². The number of halogens is 2. The predicted molar refractivity (Wildman–Crippen MR) is 98.3 cm³/mol. The van der Waals surface area contributed by atoms with Crippen LogP contribution in [0.25, 0.3) is 10.8 Å². The van der Waals surface area contributed by atoms with E-state index in [4.69, 9.17) is 23.2 Å². The van der Waals surface area contributed by atoms with Gasteiger partial charge in [-0.3, -0.25) is 0 Å². The molecule has 114 valence electrons. The molecule has 1 aromatic heterocycles. The van der Waals surface area contributed by atoms with Gasteiger partial charge in [0.15, 0.2) is 0 Å².